The topological polar surface area (TPSA) is 103 Å². The summed E-state index contributed by atoms with van der Waals surface area (Å²) >= 11 is 13.0. The zero-order valence-electron chi connectivity index (χ0n) is 16.7. The first kappa shape index (κ1) is 22.9. The van der Waals surface area contributed by atoms with Crippen LogP contribution in [0.15, 0.2) is 63.9 Å². The molecular weight excluding hydrogens is 491 g/mol. The SMILES string of the molecule is O=C1S/C(=C\c2ccc(-c3ccc([N+](=O)[O-])cc3Cl)o2)C(=O)N1CCOc1ccccc1Cl. The molecule has 168 valence electrons. The number of carbonyl (C=O) groups excluding carboxylic acids is 2. The molecule has 0 unspecified atom stereocenters. The minimum absolute atomic E-state index is 0.0645. The van der Waals surface area contributed by atoms with Gasteiger partial charge in [-0.1, -0.05) is 35.3 Å². The Labute approximate surface area is 201 Å². The summed E-state index contributed by atoms with van der Waals surface area (Å²) in [6, 6.07) is 14.2. The molecule has 11 heteroatoms. The molecule has 0 bridgehead atoms. The number of para-hydroxylation sites is 1. The fraction of sp³-hybridized carbons (Fsp3) is 0.0909. The summed E-state index contributed by atoms with van der Waals surface area (Å²) in [6.07, 6.45) is 1.46. The molecule has 2 heterocycles. The molecule has 1 aliphatic rings. The molecule has 1 fully saturated rings. The van der Waals surface area contributed by atoms with E-state index >= 15 is 0 Å². The van der Waals surface area contributed by atoms with Crippen molar-refractivity contribution < 1.29 is 23.7 Å². The second kappa shape index (κ2) is 9.70. The molecule has 0 atom stereocenters. The van der Waals surface area contributed by atoms with Crippen molar-refractivity contribution >= 4 is 57.9 Å². The van der Waals surface area contributed by atoms with Gasteiger partial charge < -0.3 is 9.15 Å². The second-order valence-corrected chi connectivity index (χ2v) is 8.54. The molecule has 0 spiro atoms. The van der Waals surface area contributed by atoms with Crippen molar-refractivity contribution in [3.05, 3.63) is 85.4 Å². The second-order valence-electron chi connectivity index (χ2n) is 6.74. The van der Waals surface area contributed by atoms with Crippen molar-refractivity contribution in [2.75, 3.05) is 13.2 Å². The number of halogens is 2. The molecule has 0 aliphatic carbocycles. The van der Waals surface area contributed by atoms with E-state index in [0.29, 0.717) is 27.9 Å². The van der Waals surface area contributed by atoms with Gasteiger partial charge in [-0.15, -0.1) is 0 Å². The molecule has 1 aliphatic heterocycles. The normalized spacial score (nSPS) is 14.8. The smallest absolute Gasteiger partial charge is 0.293 e. The third kappa shape index (κ3) is 5.05. The molecule has 0 radical (unpaired) electrons. The lowest BCUT2D eigenvalue weighted by Crippen LogP contribution is -2.32. The molecule has 1 saturated heterocycles. The summed E-state index contributed by atoms with van der Waals surface area (Å²) in [5.74, 6) is 0.708. The average molecular weight is 505 g/mol. The van der Waals surface area contributed by atoms with Gasteiger partial charge in [0.25, 0.3) is 16.8 Å². The highest BCUT2D eigenvalue weighted by molar-refractivity contribution is 8.18. The number of nitro groups is 1. The summed E-state index contributed by atoms with van der Waals surface area (Å²) in [5.41, 5.74) is 0.328. The van der Waals surface area contributed by atoms with Crippen molar-refractivity contribution in [3.8, 4) is 17.1 Å². The van der Waals surface area contributed by atoms with Crippen molar-refractivity contribution in [3.63, 3.8) is 0 Å². The predicted molar refractivity (Wildman–Crippen MR) is 125 cm³/mol. The largest absolute Gasteiger partial charge is 0.490 e. The highest BCUT2D eigenvalue weighted by atomic mass is 35.5. The summed E-state index contributed by atoms with van der Waals surface area (Å²) < 4.78 is 11.3. The number of hydrogen-bond donors (Lipinski definition) is 0. The number of rotatable bonds is 7. The molecule has 2 aromatic carbocycles. The fourth-order valence-corrected chi connectivity index (χ4v) is 4.33. The molecule has 2 amide bonds. The fourth-order valence-electron chi connectivity index (χ4n) is 3.02. The number of hydrogen-bond acceptors (Lipinski definition) is 7. The molecule has 0 N–H and O–H groups in total. The Bertz CT molecular complexity index is 1290. The standard InChI is InChI=1S/C22H14Cl2N2O6S/c23-16-3-1-2-4-19(16)31-10-9-25-21(27)20(33-22(25)28)12-14-6-8-18(32-14)15-7-5-13(26(29)30)11-17(15)24/h1-8,11-12H,9-10H2/b20-12-. The lowest BCUT2D eigenvalue weighted by atomic mass is 10.1. The van der Waals surface area contributed by atoms with Gasteiger partial charge >= 0.3 is 0 Å². The number of carbonyl (C=O) groups is 2. The maximum atomic E-state index is 12.7. The number of nitrogens with zero attached hydrogens (tertiary/aromatic N) is 2. The predicted octanol–water partition coefficient (Wildman–Crippen LogP) is 6.28. The van der Waals surface area contributed by atoms with Crippen LogP contribution in [0.2, 0.25) is 10.0 Å². The quantitative estimate of drug-likeness (QED) is 0.212. The van der Waals surface area contributed by atoms with Gasteiger partial charge in [0.05, 0.1) is 26.4 Å². The van der Waals surface area contributed by atoms with Crippen LogP contribution in [0.25, 0.3) is 17.4 Å². The number of amides is 2. The number of ether oxygens (including phenoxy) is 1. The van der Waals surface area contributed by atoms with Crippen molar-refractivity contribution in [1.29, 1.82) is 0 Å². The van der Waals surface area contributed by atoms with Crippen molar-refractivity contribution in [2.24, 2.45) is 0 Å². The lowest BCUT2D eigenvalue weighted by Gasteiger charge is -2.13. The van der Waals surface area contributed by atoms with Crippen molar-refractivity contribution in [2.45, 2.75) is 0 Å². The van der Waals surface area contributed by atoms with Crippen LogP contribution < -0.4 is 4.74 Å². The van der Waals surface area contributed by atoms with Crippen LogP contribution in [0.1, 0.15) is 5.76 Å². The van der Waals surface area contributed by atoms with Gasteiger partial charge in [-0.25, -0.2) is 0 Å². The van der Waals surface area contributed by atoms with Crippen molar-refractivity contribution in [1.82, 2.24) is 4.90 Å². The maximum absolute atomic E-state index is 12.7. The third-order valence-electron chi connectivity index (χ3n) is 4.61. The summed E-state index contributed by atoms with van der Waals surface area (Å²) in [5, 5.41) is 11.0. The molecule has 4 rings (SSSR count). The monoisotopic (exact) mass is 504 g/mol. The van der Waals surface area contributed by atoms with E-state index in [4.69, 9.17) is 32.4 Å². The van der Waals surface area contributed by atoms with Crippen LogP contribution in [-0.2, 0) is 4.79 Å². The third-order valence-corrected chi connectivity index (χ3v) is 6.14. The van der Waals surface area contributed by atoms with E-state index in [1.54, 1.807) is 36.4 Å². The first-order valence-electron chi connectivity index (χ1n) is 9.50. The van der Waals surface area contributed by atoms with E-state index in [1.165, 1.54) is 24.3 Å². The first-order chi connectivity index (χ1) is 15.8. The van der Waals surface area contributed by atoms with Gasteiger partial charge in [-0.05, 0) is 42.1 Å². The summed E-state index contributed by atoms with van der Waals surface area (Å²) in [6.45, 7) is 0.160. The molecule has 33 heavy (non-hydrogen) atoms. The Morgan fingerprint density at radius 2 is 1.88 bits per heavy atom. The number of imide groups is 1. The molecule has 8 nitrogen and oxygen atoms in total. The van der Waals surface area contributed by atoms with Crippen LogP contribution in [0, 0.1) is 10.1 Å². The summed E-state index contributed by atoms with van der Waals surface area (Å²) in [4.78, 5) is 36.6. The summed E-state index contributed by atoms with van der Waals surface area (Å²) in [7, 11) is 0. The van der Waals surface area contributed by atoms with Crippen LogP contribution in [0.4, 0.5) is 10.5 Å². The minimum atomic E-state index is -0.543. The van der Waals surface area contributed by atoms with Gasteiger partial charge in [-0.3, -0.25) is 24.6 Å². The van der Waals surface area contributed by atoms with Gasteiger partial charge in [0.15, 0.2) is 0 Å². The average Bonchev–Trinajstić information content (AvgIpc) is 3.34. The van der Waals surface area contributed by atoms with E-state index in [-0.39, 0.29) is 28.8 Å². The lowest BCUT2D eigenvalue weighted by molar-refractivity contribution is -0.384. The molecule has 3 aromatic rings. The van der Waals surface area contributed by atoms with E-state index in [2.05, 4.69) is 0 Å². The number of thioether (sulfide) groups is 1. The van der Waals surface area contributed by atoms with Gasteiger partial charge in [0, 0.05) is 23.8 Å². The van der Waals surface area contributed by atoms with Crippen LogP contribution in [0.5, 0.6) is 5.75 Å². The number of benzene rings is 2. The number of nitro benzene ring substituents is 1. The number of non-ortho nitro benzene ring substituents is 1. The highest BCUT2D eigenvalue weighted by Crippen LogP contribution is 2.35. The number of furan rings is 1. The van der Waals surface area contributed by atoms with Crippen LogP contribution in [-0.4, -0.2) is 34.1 Å². The van der Waals surface area contributed by atoms with Gasteiger partial charge in [-0.2, -0.15) is 0 Å². The molecule has 0 saturated carbocycles. The zero-order valence-corrected chi connectivity index (χ0v) is 19.0. The van der Waals surface area contributed by atoms with E-state index in [1.807, 2.05) is 0 Å². The Kier molecular flexibility index (Phi) is 6.73. The van der Waals surface area contributed by atoms with E-state index in [9.17, 15) is 19.7 Å². The molecular formula is C22H14Cl2N2O6S. The minimum Gasteiger partial charge on any atom is -0.490 e. The molecule has 1 aromatic heterocycles. The Morgan fingerprint density at radius 1 is 1.09 bits per heavy atom. The Balaban J connectivity index is 1.44. The van der Waals surface area contributed by atoms with Crippen LogP contribution >= 0.6 is 35.0 Å². The van der Waals surface area contributed by atoms with E-state index < -0.39 is 16.1 Å². The Morgan fingerprint density at radius 3 is 2.61 bits per heavy atom. The van der Waals surface area contributed by atoms with Crippen LogP contribution in [0.3, 0.4) is 0 Å². The Hall–Kier alpha value is -3.27. The van der Waals surface area contributed by atoms with Gasteiger partial charge in [0.2, 0.25) is 0 Å². The zero-order chi connectivity index (χ0) is 23.5. The van der Waals surface area contributed by atoms with E-state index in [0.717, 1.165) is 16.7 Å². The highest BCUT2D eigenvalue weighted by Gasteiger charge is 2.35. The van der Waals surface area contributed by atoms with Gasteiger partial charge in [0.1, 0.15) is 23.9 Å². The maximum Gasteiger partial charge on any atom is 0.293 e. The first-order valence-corrected chi connectivity index (χ1v) is 11.1.